The van der Waals surface area contributed by atoms with Crippen LogP contribution in [0, 0.1) is 17.7 Å². The molecule has 2 bridgehead atoms. The van der Waals surface area contributed by atoms with E-state index in [0.717, 1.165) is 63.7 Å². The van der Waals surface area contributed by atoms with Crippen LogP contribution in [-0.2, 0) is 23.5 Å². The molecule has 1 aromatic heterocycles. The molecule has 1 amide bonds. The molecule has 4 atom stereocenters. The van der Waals surface area contributed by atoms with Gasteiger partial charge in [0.05, 0.1) is 18.7 Å². The Bertz CT molecular complexity index is 924. The first-order valence-corrected chi connectivity index (χ1v) is 11.4. The monoisotopic (exact) mass is 427 g/mol. The number of fused-ring (bicyclic) bond motifs is 3. The molecule has 3 saturated heterocycles. The summed E-state index contributed by atoms with van der Waals surface area (Å²) < 4.78 is 14.9. The molecule has 2 N–H and O–H groups in total. The van der Waals surface area contributed by atoms with Crippen molar-refractivity contribution in [3.63, 3.8) is 0 Å². The zero-order valence-corrected chi connectivity index (χ0v) is 17.7. The summed E-state index contributed by atoms with van der Waals surface area (Å²) in [6.45, 7) is 2.93. The van der Waals surface area contributed by atoms with Crippen LogP contribution in [0.25, 0.3) is 0 Å². The Morgan fingerprint density at radius 2 is 2.03 bits per heavy atom. The Hall–Kier alpha value is -2.32. The van der Waals surface area contributed by atoms with Gasteiger partial charge in [-0.25, -0.2) is 4.39 Å². The van der Waals surface area contributed by atoms with Gasteiger partial charge in [-0.15, -0.1) is 5.10 Å². The van der Waals surface area contributed by atoms with E-state index in [1.54, 1.807) is 12.1 Å². The van der Waals surface area contributed by atoms with Gasteiger partial charge in [-0.1, -0.05) is 30.2 Å². The van der Waals surface area contributed by atoms with Crippen LogP contribution in [0.1, 0.15) is 49.8 Å². The van der Waals surface area contributed by atoms with Gasteiger partial charge in [0.25, 0.3) is 0 Å². The van der Waals surface area contributed by atoms with E-state index >= 15 is 0 Å². The predicted molar refractivity (Wildman–Crippen MR) is 112 cm³/mol. The number of aromatic nitrogens is 3. The van der Waals surface area contributed by atoms with Gasteiger partial charge in [-0.2, -0.15) is 0 Å². The fourth-order valence-corrected chi connectivity index (χ4v) is 5.58. The highest BCUT2D eigenvalue weighted by atomic mass is 19.1. The van der Waals surface area contributed by atoms with Crippen molar-refractivity contribution in [3.05, 3.63) is 47.5 Å². The topological polar surface area (TPSA) is 83.3 Å². The van der Waals surface area contributed by atoms with Crippen molar-refractivity contribution < 1.29 is 14.3 Å². The third kappa shape index (κ3) is 4.23. The third-order valence-corrected chi connectivity index (χ3v) is 7.44. The number of nitrogens with one attached hydrogen (secondary N) is 1. The summed E-state index contributed by atoms with van der Waals surface area (Å²) in [6, 6.07) is 6.59. The van der Waals surface area contributed by atoms with E-state index in [1.807, 2.05) is 10.9 Å². The number of halogens is 1. The molecule has 4 heterocycles. The van der Waals surface area contributed by atoms with E-state index in [9.17, 15) is 14.3 Å². The minimum Gasteiger partial charge on any atom is -0.383 e. The summed E-state index contributed by atoms with van der Waals surface area (Å²) in [5, 5.41) is 22.3. The Balaban J connectivity index is 1.17. The molecule has 0 spiro atoms. The van der Waals surface area contributed by atoms with E-state index < -0.39 is 5.60 Å². The highest BCUT2D eigenvalue weighted by Crippen LogP contribution is 2.39. The molecule has 2 aromatic rings. The fraction of sp³-hybridized carbons (Fsp3) is 0.609. The Morgan fingerprint density at radius 3 is 2.74 bits per heavy atom. The van der Waals surface area contributed by atoms with Gasteiger partial charge in [0, 0.05) is 19.1 Å². The zero-order chi connectivity index (χ0) is 21.4. The predicted octanol–water partition coefficient (Wildman–Crippen LogP) is 2.21. The first-order chi connectivity index (χ1) is 15.0. The number of rotatable bonds is 6. The highest BCUT2D eigenvalue weighted by Gasteiger charge is 2.43. The van der Waals surface area contributed by atoms with Gasteiger partial charge >= 0.3 is 0 Å². The number of benzene rings is 1. The first kappa shape index (κ1) is 20.6. The van der Waals surface area contributed by atoms with Crippen molar-refractivity contribution >= 4 is 5.91 Å². The molecule has 166 valence electrons. The largest absolute Gasteiger partial charge is 0.383 e. The summed E-state index contributed by atoms with van der Waals surface area (Å²) in [5.74, 6) is 0.181. The summed E-state index contributed by atoms with van der Waals surface area (Å²) in [6.07, 6.45) is 7.50. The van der Waals surface area contributed by atoms with Crippen LogP contribution in [0.5, 0.6) is 0 Å². The molecule has 4 fully saturated rings. The minimum atomic E-state index is -0.808. The van der Waals surface area contributed by atoms with E-state index in [2.05, 4.69) is 20.5 Å². The third-order valence-electron chi connectivity index (χ3n) is 7.44. The molecule has 1 unspecified atom stereocenters. The van der Waals surface area contributed by atoms with Crippen molar-refractivity contribution in [1.29, 1.82) is 0 Å². The molecule has 1 aromatic carbocycles. The Labute approximate surface area is 181 Å². The maximum absolute atomic E-state index is 13.1. The fourth-order valence-electron chi connectivity index (χ4n) is 5.58. The SMILES string of the molecule is O=C(NCc1ccc(F)cc1)[C@H]1CN2CC[C@@H]1C[C@@H]2Cn1cc(C2(O)CCCC2)nn1. The number of piperidine rings is 3. The molecule has 4 aliphatic rings. The maximum Gasteiger partial charge on any atom is 0.224 e. The normalized spacial score (nSPS) is 29.2. The lowest BCUT2D eigenvalue weighted by Gasteiger charge is -2.49. The first-order valence-electron chi connectivity index (χ1n) is 11.4. The van der Waals surface area contributed by atoms with Gasteiger partial charge < -0.3 is 10.4 Å². The van der Waals surface area contributed by atoms with Crippen LogP contribution < -0.4 is 5.32 Å². The standard InChI is InChI=1S/C23H30FN5O2/c24-18-5-3-16(4-6-18)12-25-22(30)20-14-28-10-7-17(20)11-19(28)13-29-15-21(26-27-29)23(31)8-1-2-9-23/h3-6,15,17,19-20,31H,1-2,7-14H2,(H,25,30)/t17-,19-,20+/m1/s1. The second kappa shape index (κ2) is 8.31. The van der Waals surface area contributed by atoms with Crippen molar-refractivity contribution in [2.75, 3.05) is 13.1 Å². The molecule has 6 rings (SSSR count). The van der Waals surface area contributed by atoms with Crippen molar-refractivity contribution in [1.82, 2.24) is 25.2 Å². The molecular weight excluding hydrogens is 397 g/mol. The Kier molecular flexibility index (Phi) is 5.52. The maximum atomic E-state index is 13.1. The van der Waals surface area contributed by atoms with Crippen LogP contribution >= 0.6 is 0 Å². The molecule has 8 heteroatoms. The van der Waals surface area contributed by atoms with Gasteiger partial charge in [0.1, 0.15) is 17.1 Å². The lowest BCUT2D eigenvalue weighted by molar-refractivity contribution is -0.133. The van der Waals surface area contributed by atoms with Gasteiger partial charge in [0.15, 0.2) is 0 Å². The second-order valence-electron chi connectivity index (χ2n) is 9.45. The average molecular weight is 428 g/mol. The van der Waals surface area contributed by atoms with Crippen LogP contribution in [0.15, 0.2) is 30.5 Å². The molecule has 1 saturated carbocycles. The number of aliphatic hydroxyl groups is 1. The minimum absolute atomic E-state index is 0.00374. The summed E-state index contributed by atoms with van der Waals surface area (Å²) in [7, 11) is 0. The van der Waals surface area contributed by atoms with Gasteiger partial charge in [-0.05, 0) is 55.8 Å². The van der Waals surface area contributed by atoms with E-state index in [4.69, 9.17) is 0 Å². The van der Waals surface area contributed by atoms with Crippen LogP contribution in [0.4, 0.5) is 4.39 Å². The molecule has 7 nitrogen and oxygen atoms in total. The van der Waals surface area contributed by atoms with Gasteiger partial charge in [-0.3, -0.25) is 14.4 Å². The molecular formula is C23H30FN5O2. The zero-order valence-electron chi connectivity index (χ0n) is 17.7. The van der Waals surface area contributed by atoms with E-state index in [-0.39, 0.29) is 17.6 Å². The molecule has 1 aliphatic carbocycles. The number of carbonyl (C=O) groups excluding carboxylic acids is 1. The van der Waals surface area contributed by atoms with Crippen LogP contribution in [0.2, 0.25) is 0 Å². The van der Waals surface area contributed by atoms with Crippen molar-refractivity contribution in [2.24, 2.45) is 11.8 Å². The quantitative estimate of drug-likeness (QED) is 0.739. The number of hydrogen-bond acceptors (Lipinski definition) is 5. The molecule has 31 heavy (non-hydrogen) atoms. The lowest BCUT2D eigenvalue weighted by atomic mass is 9.75. The number of nitrogens with zero attached hydrogens (tertiary/aromatic N) is 4. The van der Waals surface area contributed by atoms with Crippen LogP contribution in [0.3, 0.4) is 0 Å². The molecule has 3 aliphatic heterocycles. The van der Waals surface area contributed by atoms with E-state index in [0.29, 0.717) is 24.2 Å². The number of hydrogen-bond donors (Lipinski definition) is 2. The lowest BCUT2D eigenvalue weighted by Crippen LogP contribution is -2.58. The number of carbonyl (C=O) groups is 1. The van der Waals surface area contributed by atoms with E-state index in [1.165, 1.54) is 12.1 Å². The smallest absolute Gasteiger partial charge is 0.224 e. The summed E-state index contributed by atoms with van der Waals surface area (Å²) >= 11 is 0. The van der Waals surface area contributed by atoms with Crippen LogP contribution in [-0.4, -0.2) is 50.0 Å². The average Bonchev–Trinajstić information content (AvgIpc) is 3.44. The highest BCUT2D eigenvalue weighted by molar-refractivity contribution is 5.79. The number of amides is 1. The van der Waals surface area contributed by atoms with Crippen molar-refractivity contribution in [2.45, 2.75) is 63.3 Å². The summed E-state index contributed by atoms with van der Waals surface area (Å²) in [5.41, 5.74) is 0.788. The molecule has 0 radical (unpaired) electrons. The van der Waals surface area contributed by atoms with Gasteiger partial charge in [0.2, 0.25) is 5.91 Å². The second-order valence-corrected chi connectivity index (χ2v) is 9.45. The summed E-state index contributed by atoms with van der Waals surface area (Å²) in [4.78, 5) is 15.2. The Morgan fingerprint density at radius 1 is 1.26 bits per heavy atom. The van der Waals surface area contributed by atoms with Crippen molar-refractivity contribution in [3.8, 4) is 0 Å².